The molecule has 2 rings (SSSR count). The van der Waals surface area contributed by atoms with Gasteiger partial charge in [0.2, 0.25) is 0 Å². The Labute approximate surface area is 149 Å². The van der Waals surface area contributed by atoms with Crippen molar-refractivity contribution < 1.29 is 14.3 Å². The molecule has 0 bridgehead atoms. The van der Waals surface area contributed by atoms with Gasteiger partial charge in [-0.25, -0.2) is 0 Å². The fourth-order valence-electron chi connectivity index (χ4n) is 2.62. The fourth-order valence-corrected chi connectivity index (χ4v) is 2.62. The van der Waals surface area contributed by atoms with Crippen LogP contribution >= 0.6 is 0 Å². The average molecular weight is 339 g/mol. The van der Waals surface area contributed by atoms with Gasteiger partial charge in [-0.3, -0.25) is 9.59 Å². The lowest BCUT2D eigenvalue weighted by Crippen LogP contribution is -2.26. The molecule has 4 nitrogen and oxygen atoms in total. The largest absolute Gasteiger partial charge is 0.427 e. The predicted molar refractivity (Wildman–Crippen MR) is 98.6 cm³/mol. The maximum absolute atomic E-state index is 12.4. The van der Waals surface area contributed by atoms with Crippen molar-refractivity contribution in [2.75, 3.05) is 0 Å². The molecule has 0 saturated heterocycles. The van der Waals surface area contributed by atoms with Crippen LogP contribution in [0.4, 0.5) is 0 Å². The SMILES string of the molecule is CC(=O)Oc1ccc(C(=O)NC(C)c2ccc(CC(C)C)cc2)cc1. The fraction of sp³-hybridized carbons (Fsp3) is 0.333. The minimum atomic E-state index is -0.383. The number of benzene rings is 2. The van der Waals surface area contributed by atoms with Gasteiger partial charge in [-0.1, -0.05) is 38.1 Å². The number of hydrogen-bond acceptors (Lipinski definition) is 3. The van der Waals surface area contributed by atoms with Crippen molar-refractivity contribution in [3.8, 4) is 5.75 Å². The van der Waals surface area contributed by atoms with Crippen LogP contribution in [0.2, 0.25) is 0 Å². The second-order valence-corrected chi connectivity index (χ2v) is 6.65. The number of ether oxygens (including phenoxy) is 1. The van der Waals surface area contributed by atoms with Crippen molar-refractivity contribution in [3.63, 3.8) is 0 Å². The third-order valence-corrected chi connectivity index (χ3v) is 3.85. The van der Waals surface area contributed by atoms with Gasteiger partial charge in [-0.2, -0.15) is 0 Å². The number of rotatable bonds is 6. The summed E-state index contributed by atoms with van der Waals surface area (Å²) < 4.78 is 4.97. The summed E-state index contributed by atoms with van der Waals surface area (Å²) in [6.45, 7) is 7.70. The van der Waals surface area contributed by atoms with Crippen LogP contribution in [0.25, 0.3) is 0 Å². The highest BCUT2D eigenvalue weighted by molar-refractivity contribution is 5.94. The van der Waals surface area contributed by atoms with Crippen LogP contribution in [-0.4, -0.2) is 11.9 Å². The molecule has 2 aromatic rings. The van der Waals surface area contributed by atoms with E-state index in [9.17, 15) is 9.59 Å². The van der Waals surface area contributed by atoms with E-state index in [-0.39, 0.29) is 17.9 Å². The molecule has 1 unspecified atom stereocenters. The Morgan fingerprint density at radius 3 is 2.08 bits per heavy atom. The topological polar surface area (TPSA) is 55.4 Å². The van der Waals surface area contributed by atoms with E-state index in [2.05, 4.69) is 43.4 Å². The Hall–Kier alpha value is -2.62. The Balaban J connectivity index is 1.98. The van der Waals surface area contributed by atoms with Crippen LogP contribution < -0.4 is 10.1 Å². The first-order valence-corrected chi connectivity index (χ1v) is 8.53. The highest BCUT2D eigenvalue weighted by atomic mass is 16.5. The molecule has 0 spiro atoms. The lowest BCUT2D eigenvalue weighted by Gasteiger charge is -2.15. The van der Waals surface area contributed by atoms with Crippen molar-refractivity contribution in [1.82, 2.24) is 5.32 Å². The molecule has 0 aliphatic carbocycles. The second kappa shape index (κ2) is 8.47. The predicted octanol–water partition coefficient (Wildman–Crippen LogP) is 4.30. The molecule has 1 amide bonds. The van der Waals surface area contributed by atoms with E-state index >= 15 is 0 Å². The molecule has 4 heteroatoms. The summed E-state index contributed by atoms with van der Waals surface area (Å²) in [4.78, 5) is 23.3. The summed E-state index contributed by atoms with van der Waals surface area (Å²) in [6.07, 6.45) is 1.05. The summed E-state index contributed by atoms with van der Waals surface area (Å²) in [7, 11) is 0. The zero-order valence-corrected chi connectivity index (χ0v) is 15.2. The van der Waals surface area contributed by atoms with Gasteiger partial charge in [0, 0.05) is 12.5 Å². The van der Waals surface area contributed by atoms with Crippen LogP contribution in [0.15, 0.2) is 48.5 Å². The maximum atomic E-state index is 12.4. The minimum absolute atomic E-state index is 0.0891. The van der Waals surface area contributed by atoms with Crippen LogP contribution in [-0.2, 0) is 11.2 Å². The quantitative estimate of drug-likeness (QED) is 0.630. The molecule has 0 heterocycles. The zero-order valence-electron chi connectivity index (χ0n) is 15.2. The van der Waals surface area contributed by atoms with E-state index in [1.165, 1.54) is 12.5 Å². The molecular formula is C21H25NO3. The molecule has 0 saturated carbocycles. The Morgan fingerprint density at radius 2 is 1.56 bits per heavy atom. The van der Waals surface area contributed by atoms with E-state index in [1.54, 1.807) is 24.3 Å². The average Bonchev–Trinajstić information content (AvgIpc) is 2.55. The molecule has 1 N–H and O–H groups in total. The van der Waals surface area contributed by atoms with Gasteiger partial charge >= 0.3 is 5.97 Å². The first-order chi connectivity index (χ1) is 11.8. The van der Waals surface area contributed by atoms with Crippen LogP contribution in [0.3, 0.4) is 0 Å². The zero-order chi connectivity index (χ0) is 18.4. The molecular weight excluding hydrogens is 314 g/mol. The van der Waals surface area contributed by atoms with E-state index in [0.29, 0.717) is 17.2 Å². The second-order valence-electron chi connectivity index (χ2n) is 6.65. The first kappa shape index (κ1) is 18.7. The highest BCUT2D eigenvalue weighted by Crippen LogP contribution is 2.17. The number of carbonyl (C=O) groups excluding carboxylic acids is 2. The smallest absolute Gasteiger partial charge is 0.308 e. The number of amides is 1. The van der Waals surface area contributed by atoms with Gasteiger partial charge in [-0.15, -0.1) is 0 Å². The van der Waals surface area contributed by atoms with Crippen molar-refractivity contribution in [1.29, 1.82) is 0 Å². The highest BCUT2D eigenvalue weighted by Gasteiger charge is 2.12. The maximum Gasteiger partial charge on any atom is 0.308 e. The van der Waals surface area contributed by atoms with Gasteiger partial charge in [0.1, 0.15) is 5.75 Å². The molecule has 0 aliphatic rings. The standard InChI is InChI=1S/C21H25NO3/c1-14(2)13-17-5-7-18(8-6-17)15(3)22-21(24)19-9-11-20(12-10-19)25-16(4)23/h5-12,14-15H,13H2,1-4H3,(H,22,24). The lowest BCUT2D eigenvalue weighted by molar-refractivity contribution is -0.131. The molecule has 0 aromatic heterocycles. The van der Waals surface area contributed by atoms with Crippen molar-refractivity contribution in [2.24, 2.45) is 5.92 Å². The third-order valence-electron chi connectivity index (χ3n) is 3.85. The van der Waals surface area contributed by atoms with Crippen LogP contribution in [0, 0.1) is 5.92 Å². The van der Waals surface area contributed by atoms with E-state index in [1.807, 2.05) is 6.92 Å². The number of hydrogen-bond donors (Lipinski definition) is 1. The first-order valence-electron chi connectivity index (χ1n) is 8.53. The van der Waals surface area contributed by atoms with Gasteiger partial charge in [-0.05, 0) is 54.7 Å². The Kier molecular flexibility index (Phi) is 6.34. The summed E-state index contributed by atoms with van der Waals surface area (Å²) in [5.74, 6) is 0.510. The molecule has 1 atom stereocenters. The number of nitrogens with one attached hydrogen (secondary N) is 1. The van der Waals surface area contributed by atoms with E-state index in [4.69, 9.17) is 4.74 Å². The van der Waals surface area contributed by atoms with Crippen molar-refractivity contribution >= 4 is 11.9 Å². The minimum Gasteiger partial charge on any atom is -0.427 e. The van der Waals surface area contributed by atoms with Gasteiger partial charge in [0.25, 0.3) is 5.91 Å². The van der Waals surface area contributed by atoms with Crippen molar-refractivity contribution in [3.05, 3.63) is 65.2 Å². The van der Waals surface area contributed by atoms with E-state index < -0.39 is 0 Å². The monoisotopic (exact) mass is 339 g/mol. The molecule has 0 fully saturated rings. The summed E-state index contributed by atoms with van der Waals surface area (Å²) in [5.41, 5.74) is 2.90. The molecule has 0 aliphatic heterocycles. The third kappa shape index (κ3) is 5.75. The number of esters is 1. The number of carbonyl (C=O) groups is 2. The summed E-state index contributed by atoms with van der Waals surface area (Å²) >= 11 is 0. The van der Waals surface area contributed by atoms with Gasteiger partial charge in [0.05, 0.1) is 6.04 Å². The van der Waals surface area contributed by atoms with Crippen molar-refractivity contribution in [2.45, 2.75) is 40.2 Å². The Bertz CT molecular complexity index is 718. The van der Waals surface area contributed by atoms with Gasteiger partial charge in [0.15, 0.2) is 0 Å². The molecule has 132 valence electrons. The lowest BCUT2D eigenvalue weighted by atomic mass is 10.00. The van der Waals surface area contributed by atoms with Crippen LogP contribution in [0.5, 0.6) is 5.75 Å². The summed E-state index contributed by atoms with van der Waals surface area (Å²) in [6, 6.07) is 14.8. The molecule has 0 radical (unpaired) electrons. The normalized spacial score (nSPS) is 11.9. The molecule has 25 heavy (non-hydrogen) atoms. The van der Waals surface area contributed by atoms with E-state index in [0.717, 1.165) is 12.0 Å². The van der Waals surface area contributed by atoms with Gasteiger partial charge < -0.3 is 10.1 Å². The Morgan fingerprint density at radius 1 is 0.960 bits per heavy atom. The summed E-state index contributed by atoms with van der Waals surface area (Å²) in [5, 5.41) is 2.99. The van der Waals surface area contributed by atoms with Crippen LogP contribution in [0.1, 0.15) is 55.2 Å². The molecule has 2 aromatic carbocycles.